The van der Waals surface area contributed by atoms with Crippen molar-refractivity contribution in [3.63, 3.8) is 0 Å². The van der Waals surface area contributed by atoms with Crippen molar-refractivity contribution in [3.8, 4) is 5.75 Å². The summed E-state index contributed by atoms with van der Waals surface area (Å²) in [5.41, 5.74) is 1.03. The van der Waals surface area contributed by atoms with Crippen LogP contribution in [0, 0.1) is 0 Å². The van der Waals surface area contributed by atoms with Gasteiger partial charge in [0.15, 0.2) is 12.4 Å². The van der Waals surface area contributed by atoms with Crippen molar-refractivity contribution < 1.29 is 23.9 Å². The van der Waals surface area contributed by atoms with E-state index in [4.69, 9.17) is 32.7 Å². The number of carbonyl (C=O) groups is 3. The molecule has 0 aliphatic rings. The highest BCUT2D eigenvalue weighted by Gasteiger charge is 2.20. The van der Waals surface area contributed by atoms with Crippen LogP contribution in [-0.2, 0) is 9.53 Å². The highest BCUT2D eigenvalue weighted by Crippen LogP contribution is 2.25. The van der Waals surface area contributed by atoms with Crippen LogP contribution in [0.25, 0.3) is 0 Å². The van der Waals surface area contributed by atoms with E-state index in [0.29, 0.717) is 22.0 Å². The molecule has 158 valence electrons. The summed E-state index contributed by atoms with van der Waals surface area (Å²) in [5.74, 6) is -1.10. The van der Waals surface area contributed by atoms with E-state index in [1.807, 2.05) is 0 Å². The Morgan fingerprint density at radius 2 is 1.55 bits per heavy atom. The van der Waals surface area contributed by atoms with Crippen molar-refractivity contribution in [2.75, 3.05) is 19.0 Å². The summed E-state index contributed by atoms with van der Waals surface area (Å²) in [7, 11) is 1.53. The van der Waals surface area contributed by atoms with Crippen molar-refractivity contribution in [2.24, 2.45) is 0 Å². The number of ketones is 1. The third-order valence-corrected chi connectivity index (χ3v) is 5.02. The van der Waals surface area contributed by atoms with Crippen LogP contribution in [0.15, 0.2) is 66.7 Å². The van der Waals surface area contributed by atoms with Gasteiger partial charge in [-0.25, -0.2) is 4.79 Å². The average molecular weight is 458 g/mol. The quantitative estimate of drug-likeness (QED) is 0.397. The lowest BCUT2D eigenvalue weighted by molar-refractivity contribution is -0.119. The van der Waals surface area contributed by atoms with Gasteiger partial charge < -0.3 is 14.8 Å². The number of anilines is 1. The van der Waals surface area contributed by atoms with Gasteiger partial charge in [0, 0.05) is 16.8 Å². The molecule has 1 amide bonds. The molecule has 6 nitrogen and oxygen atoms in total. The molecule has 0 saturated heterocycles. The summed E-state index contributed by atoms with van der Waals surface area (Å²) in [6.45, 7) is -0.538. The number of carbonyl (C=O) groups excluding carboxylic acids is 3. The summed E-state index contributed by atoms with van der Waals surface area (Å²) in [4.78, 5) is 37.5. The summed E-state index contributed by atoms with van der Waals surface area (Å²) >= 11 is 11.8. The lowest BCUT2D eigenvalue weighted by Gasteiger charge is -2.10. The van der Waals surface area contributed by atoms with Gasteiger partial charge in [0.05, 0.1) is 22.7 Å². The second-order valence-corrected chi connectivity index (χ2v) is 7.17. The normalized spacial score (nSPS) is 10.3. The summed E-state index contributed by atoms with van der Waals surface area (Å²) in [6, 6.07) is 17.3. The van der Waals surface area contributed by atoms with Gasteiger partial charge in [0.2, 0.25) is 0 Å². The molecular formula is C23H17Cl2NO5. The van der Waals surface area contributed by atoms with Gasteiger partial charge in [0.25, 0.3) is 5.91 Å². The first-order valence-corrected chi connectivity index (χ1v) is 9.84. The predicted molar refractivity (Wildman–Crippen MR) is 118 cm³/mol. The molecule has 0 saturated carbocycles. The van der Waals surface area contributed by atoms with Gasteiger partial charge in [0.1, 0.15) is 5.75 Å². The third kappa shape index (κ3) is 5.63. The van der Waals surface area contributed by atoms with Gasteiger partial charge >= 0.3 is 5.97 Å². The zero-order valence-electron chi connectivity index (χ0n) is 16.4. The predicted octanol–water partition coefficient (Wildman–Crippen LogP) is 5.03. The van der Waals surface area contributed by atoms with Crippen LogP contribution >= 0.6 is 23.2 Å². The van der Waals surface area contributed by atoms with E-state index in [1.54, 1.807) is 42.5 Å². The van der Waals surface area contributed by atoms with Crippen LogP contribution < -0.4 is 10.1 Å². The van der Waals surface area contributed by atoms with E-state index in [2.05, 4.69) is 5.32 Å². The first-order chi connectivity index (χ1) is 14.9. The Labute approximate surface area is 188 Å². The van der Waals surface area contributed by atoms with Crippen LogP contribution in [-0.4, -0.2) is 31.4 Å². The van der Waals surface area contributed by atoms with Crippen molar-refractivity contribution in [1.82, 2.24) is 0 Å². The smallest absolute Gasteiger partial charge is 0.339 e. The highest BCUT2D eigenvalue weighted by molar-refractivity contribution is 6.42. The molecule has 0 fully saturated rings. The second-order valence-electron chi connectivity index (χ2n) is 6.36. The Bertz CT molecular complexity index is 1130. The van der Waals surface area contributed by atoms with Crippen LogP contribution in [0.2, 0.25) is 10.0 Å². The highest BCUT2D eigenvalue weighted by atomic mass is 35.5. The van der Waals surface area contributed by atoms with E-state index < -0.39 is 18.5 Å². The van der Waals surface area contributed by atoms with Crippen molar-refractivity contribution >= 4 is 46.5 Å². The maximum absolute atomic E-state index is 12.9. The van der Waals surface area contributed by atoms with Gasteiger partial charge in [-0.05, 0) is 48.5 Å². The maximum atomic E-state index is 12.9. The lowest BCUT2D eigenvalue weighted by atomic mass is 9.98. The van der Waals surface area contributed by atoms with E-state index in [-0.39, 0.29) is 21.9 Å². The van der Waals surface area contributed by atoms with Gasteiger partial charge in [-0.3, -0.25) is 9.59 Å². The Morgan fingerprint density at radius 1 is 0.871 bits per heavy atom. The van der Waals surface area contributed by atoms with Crippen molar-refractivity contribution in [3.05, 3.63) is 93.5 Å². The molecule has 31 heavy (non-hydrogen) atoms. The molecule has 8 heteroatoms. The molecule has 3 aromatic carbocycles. The zero-order chi connectivity index (χ0) is 22.4. The maximum Gasteiger partial charge on any atom is 0.339 e. The van der Waals surface area contributed by atoms with E-state index >= 15 is 0 Å². The SMILES string of the molecule is COc1ccc(C(=O)c2ccccc2C(=O)OCC(=O)Nc2ccc(Cl)c(Cl)c2)cc1. The number of hydrogen-bond acceptors (Lipinski definition) is 5. The number of amides is 1. The molecule has 0 aliphatic carbocycles. The minimum absolute atomic E-state index is 0.0608. The van der Waals surface area contributed by atoms with E-state index in [9.17, 15) is 14.4 Å². The first-order valence-electron chi connectivity index (χ1n) is 9.09. The van der Waals surface area contributed by atoms with Crippen molar-refractivity contribution in [1.29, 1.82) is 0 Å². The molecule has 1 N–H and O–H groups in total. The molecule has 0 unspecified atom stereocenters. The standard InChI is InChI=1S/C23H17Cl2NO5/c1-30-16-9-6-14(7-10-16)22(28)17-4-2-3-5-18(17)23(29)31-13-21(27)26-15-8-11-19(24)20(25)12-15/h2-12H,13H2,1H3,(H,26,27). The number of esters is 1. The fraction of sp³-hybridized carbons (Fsp3) is 0.0870. The summed E-state index contributed by atoms with van der Waals surface area (Å²) in [6.07, 6.45) is 0. The minimum atomic E-state index is -0.790. The number of ether oxygens (including phenoxy) is 2. The average Bonchev–Trinajstić information content (AvgIpc) is 2.79. The molecule has 0 aromatic heterocycles. The number of halogens is 2. The fourth-order valence-electron chi connectivity index (χ4n) is 2.74. The minimum Gasteiger partial charge on any atom is -0.497 e. The first kappa shape index (κ1) is 22.3. The molecule has 0 bridgehead atoms. The Hall–Kier alpha value is -3.35. The topological polar surface area (TPSA) is 81.7 Å². The van der Waals surface area contributed by atoms with Gasteiger partial charge in [-0.15, -0.1) is 0 Å². The zero-order valence-corrected chi connectivity index (χ0v) is 17.9. The number of nitrogens with one attached hydrogen (secondary N) is 1. The van der Waals surface area contributed by atoms with Crippen LogP contribution in [0.4, 0.5) is 5.69 Å². The molecular weight excluding hydrogens is 441 g/mol. The fourth-order valence-corrected chi connectivity index (χ4v) is 3.03. The summed E-state index contributed by atoms with van der Waals surface area (Å²) < 4.78 is 10.2. The largest absolute Gasteiger partial charge is 0.497 e. The molecule has 0 atom stereocenters. The van der Waals surface area contributed by atoms with Crippen LogP contribution in [0.1, 0.15) is 26.3 Å². The second kappa shape index (κ2) is 10.1. The number of rotatable bonds is 7. The van der Waals surface area contributed by atoms with Gasteiger partial charge in [-0.2, -0.15) is 0 Å². The Balaban J connectivity index is 1.68. The van der Waals surface area contributed by atoms with Crippen LogP contribution in [0.5, 0.6) is 5.75 Å². The monoisotopic (exact) mass is 457 g/mol. The Kier molecular flexibility index (Phi) is 7.28. The Morgan fingerprint density at radius 3 is 2.19 bits per heavy atom. The number of hydrogen-bond donors (Lipinski definition) is 1. The van der Waals surface area contributed by atoms with Crippen molar-refractivity contribution in [2.45, 2.75) is 0 Å². The number of benzene rings is 3. The molecule has 3 rings (SSSR count). The molecule has 0 radical (unpaired) electrons. The number of methoxy groups -OCH3 is 1. The molecule has 3 aromatic rings. The molecule has 0 aliphatic heterocycles. The third-order valence-electron chi connectivity index (χ3n) is 4.28. The van der Waals surface area contributed by atoms with E-state index in [0.717, 1.165) is 0 Å². The molecule has 0 spiro atoms. The lowest BCUT2D eigenvalue weighted by Crippen LogP contribution is -2.22. The van der Waals surface area contributed by atoms with E-state index in [1.165, 1.54) is 31.4 Å². The summed E-state index contributed by atoms with van der Waals surface area (Å²) in [5, 5.41) is 3.18. The van der Waals surface area contributed by atoms with Crippen LogP contribution in [0.3, 0.4) is 0 Å². The molecule has 0 heterocycles. The van der Waals surface area contributed by atoms with Gasteiger partial charge in [-0.1, -0.05) is 41.4 Å².